The molecule has 41 heavy (non-hydrogen) atoms. The summed E-state index contributed by atoms with van der Waals surface area (Å²) in [4.78, 5) is 26.8. The van der Waals surface area contributed by atoms with Crippen molar-refractivity contribution >= 4 is 37.4 Å². The number of carbonyl (C=O) groups excluding carboxylic acids is 1. The molecule has 1 unspecified atom stereocenters. The Kier molecular flexibility index (Phi) is 9.52. The zero-order chi connectivity index (χ0) is 29.6. The number of hydrogen-bond acceptors (Lipinski definition) is 5. The van der Waals surface area contributed by atoms with Crippen LogP contribution in [0.5, 0.6) is 0 Å². The quantitative estimate of drug-likeness (QED) is 0.155. The van der Waals surface area contributed by atoms with E-state index in [-0.39, 0.29) is 10.9 Å². The molecule has 218 valence electrons. The Morgan fingerprint density at radius 1 is 0.951 bits per heavy atom. The summed E-state index contributed by atoms with van der Waals surface area (Å²) < 4.78 is 6.29. The van der Waals surface area contributed by atoms with Crippen LogP contribution in [0.3, 0.4) is 0 Å². The lowest BCUT2D eigenvalue weighted by Crippen LogP contribution is -2.43. The topological polar surface area (TPSA) is 103 Å². The molecule has 4 rings (SSSR count). The molecular formula is C32H42N4O4Si. The van der Waals surface area contributed by atoms with E-state index >= 15 is 0 Å². The summed E-state index contributed by atoms with van der Waals surface area (Å²) in [5, 5.41) is 18.4. The van der Waals surface area contributed by atoms with Crippen molar-refractivity contribution in [3.8, 4) is 11.1 Å². The molecule has 0 aliphatic carbocycles. The van der Waals surface area contributed by atoms with E-state index in [1.54, 1.807) is 12.1 Å². The Morgan fingerprint density at radius 2 is 1.66 bits per heavy atom. The molecule has 1 atom stereocenters. The van der Waals surface area contributed by atoms with Crippen molar-refractivity contribution in [3.63, 3.8) is 0 Å². The van der Waals surface area contributed by atoms with Crippen LogP contribution in [0.25, 0.3) is 11.1 Å². The number of amides is 2. The van der Waals surface area contributed by atoms with Gasteiger partial charge in [-0.2, -0.15) is 0 Å². The van der Waals surface area contributed by atoms with Gasteiger partial charge in [-0.25, -0.2) is 4.79 Å². The van der Waals surface area contributed by atoms with Crippen LogP contribution in [-0.2, 0) is 4.43 Å². The van der Waals surface area contributed by atoms with Gasteiger partial charge in [-0.05, 0) is 72.1 Å². The summed E-state index contributed by atoms with van der Waals surface area (Å²) in [6, 6.07) is 22.9. The van der Waals surface area contributed by atoms with Gasteiger partial charge >= 0.3 is 6.09 Å². The van der Waals surface area contributed by atoms with Gasteiger partial charge in [0.15, 0.2) is 8.32 Å². The lowest BCUT2D eigenvalue weighted by Gasteiger charge is -2.36. The van der Waals surface area contributed by atoms with E-state index < -0.39 is 14.4 Å². The van der Waals surface area contributed by atoms with Gasteiger partial charge in [0.1, 0.15) is 0 Å². The van der Waals surface area contributed by atoms with Gasteiger partial charge in [0.25, 0.3) is 5.91 Å². The van der Waals surface area contributed by atoms with Gasteiger partial charge in [0, 0.05) is 43.5 Å². The maximum Gasteiger partial charge on any atom is 0.409 e. The molecule has 3 aromatic rings. The van der Waals surface area contributed by atoms with Crippen molar-refractivity contribution in [3.05, 3.63) is 78.4 Å². The maximum atomic E-state index is 13.1. The molecule has 4 N–H and O–H groups in total. The predicted octanol–water partition coefficient (Wildman–Crippen LogP) is 6.89. The molecule has 9 heteroatoms. The minimum absolute atomic E-state index is 0.212. The molecule has 1 fully saturated rings. The first-order valence-electron chi connectivity index (χ1n) is 14.2. The highest BCUT2D eigenvalue weighted by atomic mass is 28.4. The van der Waals surface area contributed by atoms with E-state index in [2.05, 4.69) is 54.7 Å². The smallest absolute Gasteiger partial charge is 0.409 e. The first-order chi connectivity index (χ1) is 19.4. The fourth-order valence-electron chi connectivity index (χ4n) is 4.65. The number of rotatable bonds is 10. The Hall–Kier alpha value is -3.66. The van der Waals surface area contributed by atoms with Crippen LogP contribution in [-0.4, -0.2) is 57.7 Å². The molecule has 1 aliphatic heterocycles. The van der Waals surface area contributed by atoms with Gasteiger partial charge in [0.2, 0.25) is 0 Å². The normalized spacial score (nSPS) is 15.5. The van der Waals surface area contributed by atoms with E-state index in [0.29, 0.717) is 23.0 Å². The first kappa shape index (κ1) is 30.3. The number of carboxylic acid groups (broad SMARTS) is 1. The van der Waals surface area contributed by atoms with E-state index in [9.17, 15) is 14.7 Å². The average Bonchev–Trinajstić information content (AvgIpc) is 3.41. The molecule has 1 saturated heterocycles. The average molecular weight is 575 g/mol. The summed E-state index contributed by atoms with van der Waals surface area (Å²) in [7, 11) is -1.73. The van der Waals surface area contributed by atoms with Crippen molar-refractivity contribution in [1.29, 1.82) is 0 Å². The maximum absolute atomic E-state index is 13.1. The molecule has 1 aliphatic rings. The zero-order valence-electron chi connectivity index (χ0n) is 24.7. The zero-order valence-corrected chi connectivity index (χ0v) is 25.7. The molecule has 0 spiro atoms. The third-order valence-electron chi connectivity index (χ3n) is 8.10. The second-order valence-electron chi connectivity index (χ2n) is 12.1. The van der Waals surface area contributed by atoms with Crippen molar-refractivity contribution in [2.24, 2.45) is 0 Å². The predicted molar refractivity (Wildman–Crippen MR) is 170 cm³/mol. The highest BCUT2D eigenvalue weighted by molar-refractivity contribution is 6.74. The minimum atomic E-state index is -1.73. The monoisotopic (exact) mass is 574 g/mol. The Balaban J connectivity index is 1.35. The summed E-state index contributed by atoms with van der Waals surface area (Å²) in [6.07, 6.45) is -0.141. The summed E-state index contributed by atoms with van der Waals surface area (Å²) >= 11 is 0. The highest BCUT2D eigenvalue weighted by Crippen LogP contribution is 2.36. The number of carbonyl (C=O) groups is 2. The van der Waals surface area contributed by atoms with Crippen LogP contribution in [0, 0.1) is 0 Å². The van der Waals surface area contributed by atoms with E-state index in [1.807, 2.05) is 60.7 Å². The second-order valence-corrected chi connectivity index (χ2v) is 16.9. The lowest BCUT2D eigenvalue weighted by molar-refractivity contribution is 0.102. The molecule has 1 heterocycles. The molecule has 0 aromatic heterocycles. The number of nitrogens with one attached hydrogen (secondary N) is 3. The van der Waals surface area contributed by atoms with Crippen LogP contribution in [0.2, 0.25) is 18.1 Å². The van der Waals surface area contributed by atoms with Crippen LogP contribution in [0.1, 0.15) is 37.6 Å². The number of anilines is 3. The van der Waals surface area contributed by atoms with Crippen LogP contribution in [0.15, 0.2) is 72.8 Å². The summed E-state index contributed by atoms with van der Waals surface area (Å²) in [5.41, 5.74) is 4.12. The van der Waals surface area contributed by atoms with E-state index in [0.717, 1.165) is 49.5 Å². The molecule has 2 amide bonds. The second kappa shape index (κ2) is 12.9. The van der Waals surface area contributed by atoms with Gasteiger partial charge in [-0.3, -0.25) is 10.1 Å². The lowest BCUT2D eigenvalue weighted by atomic mass is 10.0. The largest absolute Gasteiger partial charge is 0.465 e. The molecule has 3 aromatic carbocycles. The Bertz CT molecular complexity index is 1340. The van der Waals surface area contributed by atoms with Gasteiger partial charge < -0.3 is 25.1 Å². The highest BCUT2D eigenvalue weighted by Gasteiger charge is 2.37. The summed E-state index contributed by atoms with van der Waals surface area (Å²) in [6.45, 7) is 14.8. The van der Waals surface area contributed by atoms with Crippen molar-refractivity contribution < 1.29 is 19.1 Å². The SMILES string of the molecule is CC(C)(C)[Si](C)(C)OCCNC1CCN(c2ccc(C(=O)Nc3cc(-c4ccccc4)ccc3NC(=O)O)cc2)C1. The van der Waals surface area contributed by atoms with Gasteiger partial charge in [-0.1, -0.05) is 57.2 Å². The standard InChI is InChI=1S/C32H42N4O4Si/c1-32(2,3)41(4,5)40-20-18-33-26-17-19-36(22-26)27-14-11-24(12-15-27)30(37)34-29-21-25(23-9-7-6-8-10-23)13-16-28(29)35-31(38)39/h6-16,21,26,33,35H,17-20,22H2,1-5H3,(H,34,37)(H,38,39). The molecule has 8 nitrogen and oxygen atoms in total. The molecule has 0 bridgehead atoms. The summed E-state index contributed by atoms with van der Waals surface area (Å²) in [5.74, 6) is -0.308. The van der Waals surface area contributed by atoms with Gasteiger partial charge in [-0.15, -0.1) is 0 Å². The van der Waals surface area contributed by atoms with Crippen molar-refractivity contribution in [1.82, 2.24) is 5.32 Å². The number of benzene rings is 3. The number of hydrogen-bond donors (Lipinski definition) is 4. The third-order valence-corrected chi connectivity index (χ3v) is 12.6. The van der Waals surface area contributed by atoms with Crippen LogP contribution in [0.4, 0.5) is 21.9 Å². The number of nitrogens with zero attached hydrogens (tertiary/aromatic N) is 1. The van der Waals surface area contributed by atoms with Gasteiger partial charge in [0.05, 0.1) is 11.4 Å². The molecule has 0 saturated carbocycles. The van der Waals surface area contributed by atoms with Crippen LogP contribution >= 0.6 is 0 Å². The Labute approximate surface area is 244 Å². The fraction of sp³-hybridized carbons (Fsp3) is 0.375. The van der Waals surface area contributed by atoms with Crippen molar-refractivity contribution in [2.45, 2.75) is 51.4 Å². The Morgan fingerprint density at radius 3 is 2.32 bits per heavy atom. The first-order valence-corrected chi connectivity index (χ1v) is 17.1. The fourth-order valence-corrected chi connectivity index (χ4v) is 5.69. The third kappa shape index (κ3) is 7.97. The molecule has 0 radical (unpaired) electrons. The minimum Gasteiger partial charge on any atom is -0.465 e. The molecular weight excluding hydrogens is 532 g/mol. The van der Waals surface area contributed by atoms with E-state index in [1.165, 1.54) is 0 Å². The van der Waals surface area contributed by atoms with Crippen molar-refractivity contribution in [2.75, 3.05) is 41.8 Å². The van der Waals surface area contributed by atoms with E-state index in [4.69, 9.17) is 4.43 Å². The van der Waals surface area contributed by atoms with Crippen LogP contribution < -0.4 is 20.9 Å².